The third kappa shape index (κ3) is 6.52. The van der Waals surface area contributed by atoms with E-state index in [9.17, 15) is 9.59 Å². The van der Waals surface area contributed by atoms with Gasteiger partial charge in [-0.1, -0.05) is 25.5 Å². The Morgan fingerprint density at radius 2 is 2.04 bits per heavy atom. The van der Waals surface area contributed by atoms with Crippen molar-refractivity contribution < 1.29 is 14.3 Å². The van der Waals surface area contributed by atoms with Crippen LogP contribution in [-0.2, 0) is 4.79 Å². The molecule has 0 bridgehead atoms. The van der Waals surface area contributed by atoms with Crippen LogP contribution in [0.2, 0.25) is 0 Å². The summed E-state index contributed by atoms with van der Waals surface area (Å²) in [5.74, 6) is 0.882. The van der Waals surface area contributed by atoms with Gasteiger partial charge >= 0.3 is 0 Å². The van der Waals surface area contributed by atoms with E-state index in [4.69, 9.17) is 4.74 Å². The first-order valence-electron chi connectivity index (χ1n) is 7.84. The Hall–Kier alpha value is -1.69. The summed E-state index contributed by atoms with van der Waals surface area (Å²) in [6.45, 7) is 2.70. The molecule has 0 aliphatic rings. The fourth-order valence-corrected chi connectivity index (χ4v) is 2.56. The Labute approximate surface area is 142 Å². The van der Waals surface area contributed by atoms with Gasteiger partial charge in [0.2, 0.25) is 5.91 Å². The summed E-state index contributed by atoms with van der Waals surface area (Å²) in [7, 11) is 1.52. The molecule has 1 aromatic carbocycles. The number of unbranched alkanes of at least 4 members (excludes halogenated alkanes) is 1. The minimum atomic E-state index is -0.531. The van der Waals surface area contributed by atoms with Gasteiger partial charge in [-0.3, -0.25) is 9.59 Å². The van der Waals surface area contributed by atoms with Crippen molar-refractivity contribution in [2.75, 3.05) is 25.7 Å². The summed E-state index contributed by atoms with van der Waals surface area (Å²) in [5.41, 5.74) is 0.436. The fraction of sp³-hybridized carbons (Fsp3) is 0.529. The average molecular weight is 338 g/mol. The number of hydrogen-bond donors (Lipinski definition) is 2. The van der Waals surface area contributed by atoms with Crippen LogP contribution in [0.3, 0.4) is 0 Å². The van der Waals surface area contributed by atoms with Crippen molar-refractivity contribution in [3.63, 3.8) is 0 Å². The number of hydrogen-bond acceptors (Lipinski definition) is 4. The van der Waals surface area contributed by atoms with E-state index in [1.165, 1.54) is 7.11 Å². The monoisotopic (exact) mass is 338 g/mol. The van der Waals surface area contributed by atoms with Gasteiger partial charge in [-0.25, -0.2) is 0 Å². The highest BCUT2D eigenvalue weighted by atomic mass is 32.2. The molecule has 1 rings (SSSR count). The molecule has 23 heavy (non-hydrogen) atoms. The molecule has 5 nitrogen and oxygen atoms in total. The molecule has 0 aliphatic heterocycles. The number of carbonyl (C=O) groups is 2. The van der Waals surface area contributed by atoms with E-state index in [2.05, 4.69) is 17.6 Å². The number of ether oxygens (including phenoxy) is 1. The molecule has 0 radical (unpaired) electrons. The highest BCUT2D eigenvalue weighted by Crippen LogP contribution is 2.17. The highest BCUT2D eigenvalue weighted by Gasteiger charge is 2.22. The van der Waals surface area contributed by atoms with Crippen LogP contribution in [0, 0.1) is 0 Å². The molecule has 6 heteroatoms. The molecule has 0 saturated carbocycles. The lowest BCUT2D eigenvalue weighted by Crippen LogP contribution is -2.47. The smallest absolute Gasteiger partial charge is 0.255 e. The van der Waals surface area contributed by atoms with Gasteiger partial charge in [-0.2, -0.15) is 11.8 Å². The van der Waals surface area contributed by atoms with E-state index in [1.54, 1.807) is 36.0 Å². The molecule has 0 fully saturated rings. The van der Waals surface area contributed by atoms with Crippen molar-refractivity contribution in [3.8, 4) is 5.75 Å². The van der Waals surface area contributed by atoms with Gasteiger partial charge < -0.3 is 15.4 Å². The van der Waals surface area contributed by atoms with E-state index in [0.29, 0.717) is 24.3 Å². The number of nitrogens with one attached hydrogen (secondary N) is 2. The molecule has 0 aliphatic carbocycles. The molecule has 0 saturated heterocycles. The predicted molar refractivity (Wildman–Crippen MR) is 95.2 cm³/mol. The number of amides is 2. The van der Waals surface area contributed by atoms with Gasteiger partial charge in [-0.05, 0) is 37.0 Å². The summed E-state index contributed by atoms with van der Waals surface area (Å²) in [4.78, 5) is 24.7. The molecule has 2 N–H and O–H groups in total. The Morgan fingerprint density at radius 3 is 2.70 bits per heavy atom. The van der Waals surface area contributed by atoms with Gasteiger partial charge in [0.1, 0.15) is 11.8 Å². The number of methoxy groups -OCH3 is 1. The van der Waals surface area contributed by atoms with Gasteiger partial charge in [0.25, 0.3) is 5.91 Å². The maximum Gasteiger partial charge on any atom is 0.255 e. The quantitative estimate of drug-likeness (QED) is 0.643. The third-order valence-corrected chi connectivity index (χ3v) is 4.06. The Kier molecular flexibility index (Phi) is 9.21. The van der Waals surface area contributed by atoms with Crippen molar-refractivity contribution in [1.82, 2.24) is 10.6 Å². The minimum absolute atomic E-state index is 0.129. The van der Waals surface area contributed by atoms with Crippen LogP contribution < -0.4 is 15.4 Å². The lowest BCUT2D eigenvalue weighted by atomic mass is 10.1. The van der Waals surface area contributed by atoms with Crippen molar-refractivity contribution in [2.24, 2.45) is 0 Å². The zero-order chi connectivity index (χ0) is 17.1. The summed E-state index contributed by atoms with van der Waals surface area (Å²) in [6.07, 6.45) is 4.53. The van der Waals surface area contributed by atoms with Crippen molar-refractivity contribution in [3.05, 3.63) is 29.8 Å². The SMILES string of the molecule is CCCCNC(=O)C(CCSC)NC(=O)c1ccccc1OC. The van der Waals surface area contributed by atoms with E-state index < -0.39 is 6.04 Å². The number of carbonyl (C=O) groups excluding carboxylic acids is 2. The summed E-state index contributed by atoms with van der Waals surface area (Å²) in [6, 6.07) is 6.47. The predicted octanol–water partition coefficient (Wildman–Crippen LogP) is 2.46. The molecule has 1 aromatic rings. The maximum absolute atomic E-state index is 12.5. The number of benzene rings is 1. The van der Waals surface area contributed by atoms with Crippen LogP contribution in [0.1, 0.15) is 36.5 Å². The highest BCUT2D eigenvalue weighted by molar-refractivity contribution is 7.98. The number of thioether (sulfide) groups is 1. The van der Waals surface area contributed by atoms with Gasteiger partial charge in [0.15, 0.2) is 0 Å². The third-order valence-electron chi connectivity index (χ3n) is 3.41. The molecule has 128 valence electrons. The van der Waals surface area contributed by atoms with E-state index in [-0.39, 0.29) is 11.8 Å². The van der Waals surface area contributed by atoms with E-state index in [0.717, 1.165) is 18.6 Å². The van der Waals surface area contributed by atoms with Gasteiger partial charge in [-0.15, -0.1) is 0 Å². The summed E-state index contributed by atoms with van der Waals surface area (Å²) >= 11 is 1.65. The average Bonchev–Trinajstić information content (AvgIpc) is 2.58. The zero-order valence-electron chi connectivity index (χ0n) is 14.1. The fourth-order valence-electron chi connectivity index (χ4n) is 2.08. The standard InChI is InChI=1S/C17H26N2O3S/c1-4-5-11-18-17(21)14(10-12-23-3)19-16(20)13-8-6-7-9-15(13)22-2/h6-9,14H,4-5,10-12H2,1-3H3,(H,18,21)(H,19,20). The van der Waals surface area contributed by atoms with Crippen LogP contribution in [0.15, 0.2) is 24.3 Å². The van der Waals surface area contributed by atoms with Crippen molar-refractivity contribution >= 4 is 23.6 Å². The van der Waals surface area contributed by atoms with Gasteiger partial charge in [0, 0.05) is 6.54 Å². The molecule has 1 unspecified atom stereocenters. The lowest BCUT2D eigenvalue weighted by Gasteiger charge is -2.19. The van der Waals surface area contributed by atoms with Crippen LogP contribution >= 0.6 is 11.8 Å². The first kappa shape index (κ1) is 19.4. The molecule has 0 heterocycles. The molecular weight excluding hydrogens is 312 g/mol. The van der Waals surface area contributed by atoms with Crippen LogP contribution in [0.25, 0.3) is 0 Å². The Bertz CT molecular complexity index is 508. The second-order valence-corrected chi connectivity index (χ2v) is 6.14. The zero-order valence-corrected chi connectivity index (χ0v) is 14.9. The lowest BCUT2D eigenvalue weighted by molar-refractivity contribution is -0.123. The Morgan fingerprint density at radius 1 is 1.30 bits per heavy atom. The van der Waals surface area contributed by atoms with Crippen molar-refractivity contribution in [2.45, 2.75) is 32.2 Å². The Balaban J connectivity index is 2.75. The molecule has 1 atom stereocenters. The molecular formula is C17H26N2O3S. The van der Waals surface area contributed by atoms with Crippen molar-refractivity contribution in [1.29, 1.82) is 0 Å². The second kappa shape index (κ2) is 10.9. The molecule has 2 amide bonds. The maximum atomic E-state index is 12.5. The van der Waals surface area contributed by atoms with E-state index in [1.807, 2.05) is 6.26 Å². The number of para-hydroxylation sites is 1. The first-order valence-corrected chi connectivity index (χ1v) is 9.24. The summed E-state index contributed by atoms with van der Waals surface area (Å²) < 4.78 is 5.20. The van der Waals surface area contributed by atoms with Crippen LogP contribution in [0.4, 0.5) is 0 Å². The largest absolute Gasteiger partial charge is 0.496 e. The molecule has 0 aromatic heterocycles. The number of rotatable bonds is 10. The minimum Gasteiger partial charge on any atom is -0.496 e. The topological polar surface area (TPSA) is 67.4 Å². The normalized spacial score (nSPS) is 11.6. The summed E-state index contributed by atoms with van der Waals surface area (Å²) in [5, 5.41) is 5.71. The van der Waals surface area contributed by atoms with Crippen LogP contribution in [-0.4, -0.2) is 43.5 Å². The molecule has 0 spiro atoms. The second-order valence-electron chi connectivity index (χ2n) is 5.15. The van der Waals surface area contributed by atoms with Crippen LogP contribution in [0.5, 0.6) is 5.75 Å². The first-order chi connectivity index (χ1) is 11.1. The van der Waals surface area contributed by atoms with E-state index >= 15 is 0 Å². The van der Waals surface area contributed by atoms with Gasteiger partial charge in [0.05, 0.1) is 12.7 Å².